The Morgan fingerprint density at radius 1 is 1.15 bits per heavy atom. The van der Waals surface area contributed by atoms with E-state index in [4.69, 9.17) is 14.9 Å². The Morgan fingerprint density at radius 2 is 1.75 bits per heavy atom. The Kier molecular flexibility index (Phi) is 7.69. The van der Waals surface area contributed by atoms with E-state index in [0.29, 0.717) is 19.4 Å². The highest BCUT2D eigenvalue weighted by Gasteiger charge is 2.11. The van der Waals surface area contributed by atoms with Crippen LogP contribution in [0, 0.1) is 6.92 Å². The number of hydrogen-bond acceptors (Lipinski definition) is 4. The Bertz CT molecular complexity index is 385. The Morgan fingerprint density at radius 3 is 2.30 bits per heavy atom. The van der Waals surface area contributed by atoms with Crippen molar-refractivity contribution in [3.05, 3.63) is 29.8 Å². The van der Waals surface area contributed by atoms with Gasteiger partial charge in [0.1, 0.15) is 5.75 Å². The minimum atomic E-state index is -0.0917. The molecule has 0 bridgehead atoms. The van der Waals surface area contributed by atoms with Gasteiger partial charge in [0, 0.05) is 19.5 Å². The lowest BCUT2D eigenvalue weighted by Gasteiger charge is -2.20. The molecule has 1 rings (SSSR count). The normalized spacial score (nSPS) is 10.3. The third-order valence-electron chi connectivity index (χ3n) is 2.92. The number of carbonyl (C=O) groups is 1. The van der Waals surface area contributed by atoms with Crippen molar-refractivity contribution in [2.24, 2.45) is 0 Å². The molecule has 0 unspecified atom stereocenters. The quantitative estimate of drug-likeness (QED) is 0.662. The number of rotatable bonds is 9. The lowest BCUT2D eigenvalue weighted by molar-refractivity contribution is -0.132. The maximum absolute atomic E-state index is 11.8. The second kappa shape index (κ2) is 9.34. The van der Waals surface area contributed by atoms with Crippen LogP contribution in [0.1, 0.15) is 18.4 Å². The molecule has 20 heavy (non-hydrogen) atoms. The molecule has 0 fully saturated rings. The summed E-state index contributed by atoms with van der Waals surface area (Å²) in [6, 6.07) is 7.76. The molecular formula is C15H23NO4. The lowest BCUT2D eigenvalue weighted by Crippen LogP contribution is -2.35. The molecule has 0 aliphatic heterocycles. The summed E-state index contributed by atoms with van der Waals surface area (Å²) in [4.78, 5) is 13.3. The van der Waals surface area contributed by atoms with Crippen LogP contribution in [-0.2, 0) is 4.79 Å². The maximum atomic E-state index is 11.8. The lowest BCUT2D eigenvalue weighted by atomic mass is 10.2. The van der Waals surface area contributed by atoms with E-state index >= 15 is 0 Å². The molecule has 0 saturated heterocycles. The number of carbonyl (C=O) groups excluding carboxylic acids is 1. The maximum Gasteiger partial charge on any atom is 0.222 e. The van der Waals surface area contributed by atoms with Crippen molar-refractivity contribution >= 4 is 5.91 Å². The Hall–Kier alpha value is -1.59. The van der Waals surface area contributed by atoms with Crippen molar-refractivity contribution in [1.29, 1.82) is 0 Å². The van der Waals surface area contributed by atoms with Crippen molar-refractivity contribution in [2.75, 3.05) is 32.9 Å². The molecule has 112 valence electrons. The van der Waals surface area contributed by atoms with Crippen molar-refractivity contribution in [1.82, 2.24) is 4.90 Å². The summed E-state index contributed by atoms with van der Waals surface area (Å²) < 4.78 is 5.54. The number of benzene rings is 1. The highest BCUT2D eigenvalue weighted by atomic mass is 16.5. The number of ether oxygens (including phenoxy) is 1. The van der Waals surface area contributed by atoms with E-state index in [0.717, 1.165) is 5.75 Å². The zero-order valence-electron chi connectivity index (χ0n) is 11.9. The number of aryl methyl sites for hydroxylation is 1. The summed E-state index contributed by atoms with van der Waals surface area (Å²) in [5, 5.41) is 17.7. The SMILES string of the molecule is Cc1ccc(OCCCC(=O)N(CCO)CCO)cc1. The molecule has 1 aromatic rings. The highest BCUT2D eigenvalue weighted by Crippen LogP contribution is 2.12. The van der Waals surface area contributed by atoms with Crippen LogP contribution in [0.25, 0.3) is 0 Å². The van der Waals surface area contributed by atoms with Crippen LogP contribution in [0.5, 0.6) is 5.75 Å². The highest BCUT2D eigenvalue weighted by molar-refractivity contribution is 5.76. The minimum Gasteiger partial charge on any atom is -0.494 e. The smallest absolute Gasteiger partial charge is 0.222 e. The van der Waals surface area contributed by atoms with Crippen LogP contribution >= 0.6 is 0 Å². The predicted molar refractivity (Wildman–Crippen MR) is 76.7 cm³/mol. The second-order valence-electron chi connectivity index (χ2n) is 4.59. The van der Waals surface area contributed by atoms with Gasteiger partial charge in [0.2, 0.25) is 5.91 Å². The zero-order valence-corrected chi connectivity index (χ0v) is 11.9. The van der Waals surface area contributed by atoms with Gasteiger partial charge in [-0.3, -0.25) is 4.79 Å². The van der Waals surface area contributed by atoms with Crippen molar-refractivity contribution < 1.29 is 19.7 Å². The van der Waals surface area contributed by atoms with Crippen molar-refractivity contribution in [2.45, 2.75) is 19.8 Å². The van der Waals surface area contributed by atoms with E-state index in [2.05, 4.69) is 0 Å². The third kappa shape index (κ3) is 6.04. The zero-order chi connectivity index (χ0) is 14.8. The summed E-state index contributed by atoms with van der Waals surface area (Å²) in [6.07, 6.45) is 0.964. The molecule has 1 aromatic carbocycles. The van der Waals surface area contributed by atoms with Crippen LogP contribution < -0.4 is 4.74 Å². The van der Waals surface area contributed by atoms with Crippen molar-refractivity contribution in [3.63, 3.8) is 0 Å². The van der Waals surface area contributed by atoms with Gasteiger partial charge >= 0.3 is 0 Å². The fourth-order valence-electron chi connectivity index (χ4n) is 1.81. The van der Waals surface area contributed by atoms with Gasteiger partial charge < -0.3 is 19.8 Å². The first-order chi connectivity index (χ1) is 9.67. The average molecular weight is 281 g/mol. The van der Waals surface area contributed by atoms with Gasteiger partial charge in [0.25, 0.3) is 0 Å². The molecule has 5 heteroatoms. The summed E-state index contributed by atoms with van der Waals surface area (Å²) in [6.45, 7) is 2.83. The average Bonchev–Trinajstić information content (AvgIpc) is 2.45. The number of aliphatic hydroxyl groups excluding tert-OH is 2. The summed E-state index contributed by atoms with van der Waals surface area (Å²) >= 11 is 0. The number of hydrogen-bond donors (Lipinski definition) is 2. The van der Waals surface area contributed by atoms with E-state index in [1.54, 1.807) is 0 Å². The van der Waals surface area contributed by atoms with Crippen LogP contribution in [0.4, 0.5) is 0 Å². The van der Waals surface area contributed by atoms with E-state index in [1.807, 2.05) is 31.2 Å². The molecule has 2 N–H and O–H groups in total. The van der Waals surface area contributed by atoms with Crippen LogP contribution in [0.15, 0.2) is 24.3 Å². The summed E-state index contributed by atoms with van der Waals surface area (Å²) in [5.41, 5.74) is 1.18. The second-order valence-corrected chi connectivity index (χ2v) is 4.59. The fourth-order valence-corrected chi connectivity index (χ4v) is 1.81. The Balaban J connectivity index is 2.25. The number of amides is 1. The molecule has 0 aliphatic rings. The summed E-state index contributed by atoms with van der Waals surface area (Å²) in [7, 11) is 0. The molecule has 0 aromatic heterocycles. The van der Waals surface area contributed by atoms with Gasteiger partial charge in [0.05, 0.1) is 19.8 Å². The van der Waals surface area contributed by atoms with Gasteiger partial charge in [-0.2, -0.15) is 0 Å². The fraction of sp³-hybridized carbons (Fsp3) is 0.533. The number of nitrogens with zero attached hydrogens (tertiary/aromatic N) is 1. The first-order valence-corrected chi connectivity index (χ1v) is 6.86. The molecular weight excluding hydrogens is 258 g/mol. The van der Waals surface area contributed by atoms with Crippen LogP contribution in [0.3, 0.4) is 0 Å². The van der Waals surface area contributed by atoms with E-state index in [9.17, 15) is 4.79 Å². The molecule has 0 atom stereocenters. The van der Waals surface area contributed by atoms with E-state index in [1.165, 1.54) is 10.5 Å². The molecule has 0 aliphatic carbocycles. The van der Waals surface area contributed by atoms with E-state index < -0.39 is 0 Å². The van der Waals surface area contributed by atoms with Gasteiger partial charge in [0.15, 0.2) is 0 Å². The predicted octanol–water partition coefficient (Wildman–Crippen LogP) is 0.967. The molecule has 0 radical (unpaired) electrons. The molecule has 5 nitrogen and oxygen atoms in total. The van der Waals surface area contributed by atoms with Gasteiger partial charge in [-0.05, 0) is 25.5 Å². The first kappa shape index (κ1) is 16.5. The molecule has 0 heterocycles. The van der Waals surface area contributed by atoms with Crippen molar-refractivity contribution in [3.8, 4) is 5.75 Å². The van der Waals surface area contributed by atoms with Gasteiger partial charge in [-0.25, -0.2) is 0 Å². The molecule has 0 spiro atoms. The van der Waals surface area contributed by atoms with Crippen LogP contribution in [0.2, 0.25) is 0 Å². The van der Waals surface area contributed by atoms with E-state index in [-0.39, 0.29) is 32.2 Å². The van der Waals surface area contributed by atoms with Gasteiger partial charge in [-0.15, -0.1) is 0 Å². The first-order valence-electron chi connectivity index (χ1n) is 6.86. The monoisotopic (exact) mass is 281 g/mol. The molecule has 0 saturated carbocycles. The van der Waals surface area contributed by atoms with Crippen LogP contribution in [-0.4, -0.2) is 53.9 Å². The largest absolute Gasteiger partial charge is 0.494 e. The standard InChI is InChI=1S/C15H23NO4/c1-13-4-6-14(7-5-13)20-12-2-3-15(19)16(8-10-17)9-11-18/h4-7,17-18H,2-3,8-12H2,1H3. The molecule has 1 amide bonds. The number of aliphatic hydroxyl groups is 2. The third-order valence-corrected chi connectivity index (χ3v) is 2.92. The topological polar surface area (TPSA) is 70.0 Å². The summed E-state index contributed by atoms with van der Waals surface area (Å²) in [5.74, 6) is 0.728. The van der Waals surface area contributed by atoms with Gasteiger partial charge in [-0.1, -0.05) is 17.7 Å². The minimum absolute atomic E-state index is 0.0689. The Labute approximate surface area is 119 Å².